The smallest absolute Gasteiger partial charge is 0.237 e. The molecule has 23 heavy (non-hydrogen) atoms. The van der Waals surface area contributed by atoms with E-state index in [4.69, 9.17) is 0 Å². The molecule has 1 aliphatic heterocycles. The molecule has 0 saturated carbocycles. The average Bonchev–Trinajstić information content (AvgIpc) is 3.14. The third-order valence-electron chi connectivity index (χ3n) is 3.97. The molecule has 1 aliphatic rings. The Morgan fingerprint density at radius 1 is 1.52 bits per heavy atom. The van der Waals surface area contributed by atoms with Crippen molar-refractivity contribution in [3.05, 3.63) is 35.0 Å². The zero-order valence-electron chi connectivity index (χ0n) is 12.7. The largest absolute Gasteiger partial charge is 0.508 e. The van der Waals surface area contributed by atoms with Gasteiger partial charge >= 0.3 is 0 Å². The van der Waals surface area contributed by atoms with Gasteiger partial charge in [0.2, 0.25) is 5.91 Å². The molecule has 6 nitrogen and oxygen atoms in total. The lowest BCUT2D eigenvalue weighted by atomic mass is 10.1. The second kappa shape index (κ2) is 6.66. The Kier molecular flexibility index (Phi) is 4.61. The van der Waals surface area contributed by atoms with Gasteiger partial charge in [0.25, 0.3) is 0 Å². The van der Waals surface area contributed by atoms with Crippen LogP contribution in [0.25, 0.3) is 10.4 Å². The number of hydrogen-bond donors (Lipinski definition) is 4. The van der Waals surface area contributed by atoms with E-state index in [-0.39, 0.29) is 24.2 Å². The predicted molar refractivity (Wildman–Crippen MR) is 88.2 cm³/mol. The van der Waals surface area contributed by atoms with Gasteiger partial charge in [0.15, 0.2) is 0 Å². The number of aromatic nitrogens is 1. The molecule has 3 rings (SSSR count). The van der Waals surface area contributed by atoms with Gasteiger partial charge < -0.3 is 20.8 Å². The molecule has 1 aromatic heterocycles. The van der Waals surface area contributed by atoms with Crippen molar-refractivity contribution in [2.24, 2.45) is 0 Å². The molecule has 2 heterocycles. The van der Waals surface area contributed by atoms with E-state index in [0.717, 1.165) is 16.1 Å². The van der Waals surface area contributed by atoms with Crippen molar-refractivity contribution in [2.75, 3.05) is 6.54 Å². The first-order chi connectivity index (χ1) is 11.0. The van der Waals surface area contributed by atoms with Gasteiger partial charge in [-0.2, -0.15) is 0 Å². The number of nitrogens with one attached hydrogen (secondary N) is 2. The molecule has 0 unspecified atom stereocenters. The number of phenols is 1. The maximum Gasteiger partial charge on any atom is 0.237 e. The zero-order chi connectivity index (χ0) is 16.4. The molecule has 1 saturated heterocycles. The first-order valence-corrected chi connectivity index (χ1v) is 8.34. The van der Waals surface area contributed by atoms with Gasteiger partial charge in [0.1, 0.15) is 5.75 Å². The summed E-state index contributed by atoms with van der Waals surface area (Å²) in [6, 6.07) is 5.05. The van der Waals surface area contributed by atoms with Crippen LogP contribution in [0.2, 0.25) is 0 Å². The van der Waals surface area contributed by atoms with Gasteiger partial charge in [-0.1, -0.05) is 12.1 Å². The quantitative estimate of drug-likeness (QED) is 0.674. The molecule has 7 heteroatoms. The number of amides is 1. The Labute approximate surface area is 138 Å². The number of carbonyl (C=O) groups is 1. The Hall–Kier alpha value is -1.96. The standard InChI is InChI=1S/C16H19N3O3S/c1-9-15(23-8-19-9)10-2-3-11(14(21)4-10)6-18-16(22)13-5-12(20)7-17-13/h2-4,8,12-13,17,20-21H,5-7H2,1H3,(H,18,22)/t12-,13-/m0/s1. The van der Waals surface area contributed by atoms with Crippen LogP contribution in [-0.4, -0.2) is 39.8 Å². The van der Waals surface area contributed by atoms with Crippen molar-refractivity contribution in [1.29, 1.82) is 0 Å². The molecular formula is C16H19N3O3S. The topological polar surface area (TPSA) is 94.5 Å². The number of benzene rings is 1. The lowest BCUT2D eigenvalue weighted by Crippen LogP contribution is -2.40. The molecule has 2 atom stereocenters. The van der Waals surface area contributed by atoms with E-state index in [9.17, 15) is 15.0 Å². The van der Waals surface area contributed by atoms with Crippen LogP contribution in [0.3, 0.4) is 0 Å². The van der Waals surface area contributed by atoms with Crippen LogP contribution in [0.1, 0.15) is 17.7 Å². The number of aliphatic hydroxyl groups is 1. The Morgan fingerprint density at radius 2 is 2.35 bits per heavy atom. The van der Waals surface area contributed by atoms with E-state index in [2.05, 4.69) is 15.6 Å². The minimum absolute atomic E-state index is 0.148. The number of β-amino-alcohol motifs (C(OH)–C–C–N with tert-alkyl or cyclic N) is 1. The number of aryl methyl sites for hydroxylation is 1. The second-order valence-corrected chi connectivity index (χ2v) is 6.53. The fraction of sp³-hybridized carbons (Fsp3) is 0.375. The predicted octanol–water partition coefficient (Wildman–Crippen LogP) is 1.16. The number of aliphatic hydroxyl groups excluding tert-OH is 1. The minimum Gasteiger partial charge on any atom is -0.508 e. The number of aromatic hydroxyl groups is 1. The van der Waals surface area contributed by atoms with Gasteiger partial charge in [0.05, 0.1) is 28.2 Å². The SMILES string of the molecule is Cc1ncsc1-c1ccc(CNC(=O)[C@@H]2C[C@H](O)CN2)c(O)c1. The van der Waals surface area contributed by atoms with Crippen molar-refractivity contribution in [3.8, 4) is 16.2 Å². The molecule has 122 valence electrons. The molecule has 1 amide bonds. The van der Waals surface area contributed by atoms with Crippen molar-refractivity contribution < 1.29 is 15.0 Å². The number of thiazole rings is 1. The maximum absolute atomic E-state index is 12.0. The highest BCUT2D eigenvalue weighted by atomic mass is 32.1. The van der Waals surface area contributed by atoms with Crippen LogP contribution >= 0.6 is 11.3 Å². The Morgan fingerprint density at radius 3 is 2.96 bits per heavy atom. The molecule has 0 spiro atoms. The van der Waals surface area contributed by atoms with E-state index in [0.29, 0.717) is 18.5 Å². The van der Waals surface area contributed by atoms with Crippen LogP contribution in [0.5, 0.6) is 5.75 Å². The second-order valence-electron chi connectivity index (χ2n) is 5.68. The van der Waals surface area contributed by atoms with Gasteiger partial charge in [-0.15, -0.1) is 11.3 Å². The number of phenolic OH excluding ortho intramolecular Hbond substituents is 1. The van der Waals surface area contributed by atoms with E-state index in [1.807, 2.05) is 13.0 Å². The van der Waals surface area contributed by atoms with Gasteiger partial charge in [-0.25, -0.2) is 4.98 Å². The third-order valence-corrected chi connectivity index (χ3v) is 4.95. The molecule has 0 radical (unpaired) electrons. The van der Waals surface area contributed by atoms with E-state index < -0.39 is 6.10 Å². The molecule has 0 aliphatic carbocycles. The molecule has 0 bridgehead atoms. The molecule has 1 aromatic carbocycles. The fourth-order valence-corrected chi connectivity index (χ4v) is 3.46. The lowest BCUT2D eigenvalue weighted by molar-refractivity contribution is -0.123. The van der Waals surface area contributed by atoms with E-state index in [1.165, 1.54) is 11.3 Å². The van der Waals surface area contributed by atoms with Gasteiger partial charge in [-0.3, -0.25) is 4.79 Å². The first kappa shape index (κ1) is 15.9. The fourth-order valence-electron chi connectivity index (χ4n) is 2.66. The van der Waals surface area contributed by atoms with Crippen LogP contribution in [0, 0.1) is 6.92 Å². The van der Waals surface area contributed by atoms with E-state index in [1.54, 1.807) is 17.6 Å². The van der Waals surface area contributed by atoms with Crippen molar-refractivity contribution >= 4 is 17.2 Å². The van der Waals surface area contributed by atoms with Crippen LogP contribution in [-0.2, 0) is 11.3 Å². The number of hydrogen-bond acceptors (Lipinski definition) is 6. The highest BCUT2D eigenvalue weighted by molar-refractivity contribution is 7.13. The summed E-state index contributed by atoms with van der Waals surface area (Å²) in [6.07, 6.45) is -0.0532. The number of rotatable bonds is 4. The monoisotopic (exact) mass is 333 g/mol. The van der Waals surface area contributed by atoms with Crippen LogP contribution < -0.4 is 10.6 Å². The zero-order valence-corrected chi connectivity index (χ0v) is 13.6. The lowest BCUT2D eigenvalue weighted by Gasteiger charge is -2.12. The summed E-state index contributed by atoms with van der Waals surface area (Å²) >= 11 is 1.53. The molecule has 4 N–H and O–H groups in total. The summed E-state index contributed by atoms with van der Waals surface area (Å²) in [5, 5.41) is 25.4. The molecule has 2 aromatic rings. The molecule has 1 fully saturated rings. The van der Waals surface area contributed by atoms with Gasteiger partial charge in [0, 0.05) is 18.7 Å². The summed E-state index contributed by atoms with van der Waals surface area (Å²) in [5.41, 5.74) is 4.28. The highest BCUT2D eigenvalue weighted by Crippen LogP contribution is 2.31. The highest BCUT2D eigenvalue weighted by Gasteiger charge is 2.27. The van der Waals surface area contributed by atoms with Crippen molar-refractivity contribution in [2.45, 2.75) is 32.0 Å². The minimum atomic E-state index is -0.471. The van der Waals surface area contributed by atoms with Crippen LogP contribution in [0.15, 0.2) is 23.7 Å². The Bertz CT molecular complexity index is 716. The normalized spacial score (nSPS) is 20.6. The number of nitrogens with zero attached hydrogens (tertiary/aromatic N) is 1. The molecular weight excluding hydrogens is 314 g/mol. The number of carbonyl (C=O) groups excluding carboxylic acids is 1. The maximum atomic E-state index is 12.0. The average molecular weight is 333 g/mol. The van der Waals surface area contributed by atoms with Crippen molar-refractivity contribution in [1.82, 2.24) is 15.6 Å². The Balaban J connectivity index is 1.65. The summed E-state index contributed by atoms with van der Waals surface area (Å²) in [5.74, 6) is -0.0154. The third kappa shape index (κ3) is 3.52. The summed E-state index contributed by atoms with van der Waals surface area (Å²) in [6.45, 7) is 2.62. The summed E-state index contributed by atoms with van der Waals surface area (Å²) in [4.78, 5) is 17.2. The first-order valence-electron chi connectivity index (χ1n) is 7.46. The van der Waals surface area contributed by atoms with E-state index >= 15 is 0 Å². The van der Waals surface area contributed by atoms with Crippen LogP contribution in [0.4, 0.5) is 0 Å². The van der Waals surface area contributed by atoms with Crippen molar-refractivity contribution in [3.63, 3.8) is 0 Å². The van der Waals surface area contributed by atoms with Gasteiger partial charge in [-0.05, 0) is 25.0 Å². The summed E-state index contributed by atoms with van der Waals surface area (Å²) < 4.78 is 0. The summed E-state index contributed by atoms with van der Waals surface area (Å²) in [7, 11) is 0.